The molecule has 4 aliphatic rings. The molecule has 0 heterocycles. The van der Waals surface area contributed by atoms with E-state index in [1.165, 1.54) is 12.8 Å². The second-order valence-electron chi connectivity index (χ2n) is 9.56. The zero-order valence-corrected chi connectivity index (χ0v) is 15.9. The van der Waals surface area contributed by atoms with Crippen molar-refractivity contribution in [3.8, 4) is 0 Å². The Kier molecular flexibility index (Phi) is 3.70. The maximum absolute atomic E-state index is 13.0. The summed E-state index contributed by atoms with van der Waals surface area (Å²) in [6.07, 6.45) is 6.21. The van der Waals surface area contributed by atoms with Crippen LogP contribution in [0.25, 0.3) is 0 Å². The van der Waals surface area contributed by atoms with Gasteiger partial charge in [-0.1, -0.05) is 20.3 Å². The Labute approximate surface area is 154 Å². The highest BCUT2D eigenvalue weighted by atomic mass is 16.4. The number of ketones is 2. The van der Waals surface area contributed by atoms with E-state index in [0.29, 0.717) is 18.3 Å². The third-order valence-corrected chi connectivity index (χ3v) is 9.08. The number of Topliss-reactive ketones (excluding diaryl/α,β-unsaturated/α-hetero) is 2. The van der Waals surface area contributed by atoms with Crippen LogP contribution in [-0.4, -0.2) is 32.5 Å². The summed E-state index contributed by atoms with van der Waals surface area (Å²) in [5.41, 5.74) is -2.92. The maximum Gasteiger partial charge on any atom is 0.267 e. The predicted octanol–water partition coefficient (Wildman–Crippen LogP) is 3.47. The van der Waals surface area contributed by atoms with E-state index in [-0.39, 0.29) is 23.7 Å². The van der Waals surface area contributed by atoms with Crippen molar-refractivity contribution in [3.63, 3.8) is 0 Å². The van der Waals surface area contributed by atoms with Crippen molar-refractivity contribution in [2.24, 2.45) is 34.5 Å². The summed E-state index contributed by atoms with van der Waals surface area (Å²) >= 11 is 0. The number of carbonyl (C=O) groups excluding carboxylic acids is 2. The molecule has 7 atom stereocenters. The SMILES string of the molecule is CC[C@H]1CC[C@H]2[C@@H]3CCC4(O)C(O)=C(O)C(=O)C(=O)[C@]4(C)[C@H]3CC[C@]12C. The van der Waals surface area contributed by atoms with Crippen LogP contribution in [0.4, 0.5) is 0 Å². The van der Waals surface area contributed by atoms with Gasteiger partial charge in [0.05, 0.1) is 5.41 Å². The highest BCUT2D eigenvalue weighted by molar-refractivity contribution is 6.45. The highest BCUT2D eigenvalue weighted by Crippen LogP contribution is 2.68. The Morgan fingerprint density at radius 2 is 1.69 bits per heavy atom. The van der Waals surface area contributed by atoms with E-state index in [9.17, 15) is 24.9 Å². The first-order valence-electron chi connectivity index (χ1n) is 10.1. The number of aliphatic hydroxyl groups excluding tert-OH is 2. The summed E-state index contributed by atoms with van der Waals surface area (Å²) in [5.74, 6) is -2.13. The quantitative estimate of drug-likeness (QED) is 0.621. The van der Waals surface area contributed by atoms with E-state index in [2.05, 4.69) is 13.8 Å². The average molecular weight is 362 g/mol. The number of hydrogen-bond donors (Lipinski definition) is 3. The van der Waals surface area contributed by atoms with E-state index in [0.717, 1.165) is 19.3 Å². The van der Waals surface area contributed by atoms with Gasteiger partial charge in [-0.15, -0.1) is 0 Å². The molecular formula is C21H30O5. The largest absolute Gasteiger partial charge is 0.506 e. The number of aliphatic hydroxyl groups is 3. The Bertz CT molecular complexity index is 711. The summed E-state index contributed by atoms with van der Waals surface area (Å²) in [5, 5.41) is 31.6. The zero-order chi connectivity index (χ0) is 19.1. The van der Waals surface area contributed by atoms with E-state index < -0.39 is 34.1 Å². The van der Waals surface area contributed by atoms with Crippen LogP contribution < -0.4 is 0 Å². The lowest BCUT2D eigenvalue weighted by molar-refractivity contribution is -0.195. The van der Waals surface area contributed by atoms with Crippen LogP contribution in [0.1, 0.15) is 65.7 Å². The molecule has 0 bridgehead atoms. The van der Waals surface area contributed by atoms with Gasteiger partial charge in [0.1, 0.15) is 5.60 Å². The van der Waals surface area contributed by atoms with Gasteiger partial charge in [-0.05, 0) is 74.5 Å². The molecule has 3 saturated carbocycles. The van der Waals surface area contributed by atoms with Gasteiger partial charge in [-0.25, -0.2) is 0 Å². The topological polar surface area (TPSA) is 94.8 Å². The van der Waals surface area contributed by atoms with E-state index in [1.54, 1.807) is 6.92 Å². The van der Waals surface area contributed by atoms with Crippen LogP contribution in [0.5, 0.6) is 0 Å². The number of rotatable bonds is 1. The molecule has 144 valence electrons. The summed E-state index contributed by atoms with van der Waals surface area (Å²) in [7, 11) is 0. The molecule has 5 nitrogen and oxygen atoms in total. The first-order valence-corrected chi connectivity index (χ1v) is 10.1. The number of carbonyl (C=O) groups is 2. The van der Waals surface area contributed by atoms with Crippen molar-refractivity contribution in [1.29, 1.82) is 0 Å². The molecule has 0 saturated heterocycles. The van der Waals surface area contributed by atoms with Crippen LogP contribution in [0.2, 0.25) is 0 Å². The van der Waals surface area contributed by atoms with Crippen molar-refractivity contribution in [3.05, 3.63) is 11.5 Å². The molecule has 3 N–H and O–H groups in total. The summed E-state index contributed by atoms with van der Waals surface area (Å²) in [6.45, 7) is 6.27. The van der Waals surface area contributed by atoms with Crippen molar-refractivity contribution < 1.29 is 24.9 Å². The molecule has 0 aromatic heterocycles. The molecule has 0 spiro atoms. The third kappa shape index (κ3) is 1.81. The third-order valence-electron chi connectivity index (χ3n) is 9.08. The minimum Gasteiger partial charge on any atom is -0.506 e. The summed E-state index contributed by atoms with van der Waals surface area (Å²) in [6, 6.07) is 0. The fourth-order valence-corrected chi connectivity index (χ4v) is 7.50. The second-order valence-corrected chi connectivity index (χ2v) is 9.56. The van der Waals surface area contributed by atoms with Crippen LogP contribution in [0.3, 0.4) is 0 Å². The Balaban J connectivity index is 1.79. The number of allylic oxidation sites excluding steroid dienone is 1. The summed E-state index contributed by atoms with van der Waals surface area (Å²) in [4.78, 5) is 25.2. The molecule has 4 rings (SSSR count). The van der Waals surface area contributed by atoms with Gasteiger partial charge in [0.2, 0.25) is 11.5 Å². The van der Waals surface area contributed by atoms with Gasteiger partial charge < -0.3 is 15.3 Å². The Hall–Kier alpha value is -1.36. The standard InChI is InChI=1S/C21H30O5/c1-4-11-5-6-13-12-7-10-21(26)18(25)16(23)15(22)17(24)20(21,3)14(12)8-9-19(11,13)2/h11-14,23,25-26H,4-10H2,1-3H3/t11-,12-,13-,14-,19+,20-,21?/m0/s1. The van der Waals surface area contributed by atoms with Crippen LogP contribution >= 0.6 is 0 Å². The van der Waals surface area contributed by atoms with Gasteiger partial charge >= 0.3 is 0 Å². The van der Waals surface area contributed by atoms with Crippen molar-refractivity contribution >= 4 is 11.6 Å². The van der Waals surface area contributed by atoms with Crippen LogP contribution in [0.15, 0.2) is 11.5 Å². The van der Waals surface area contributed by atoms with Crippen molar-refractivity contribution in [2.45, 2.75) is 71.3 Å². The number of fused-ring (bicyclic) bond motifs is 5. The first kappa shape index (κ1) is 18.0. The minimum absolute atomic E-state index is 0.137. The highest BCUT2D eigenvalue weighted by Gasteiger charge is 2.70. The molecule has 5 heteroatoms. The van der Waals surface area contributed by atoms with Crippen LogP contribution in [0, 0.1) is 34.5 Å². The first-order chi connectivity index (χ1) is 12.1. The van der Waals surface area contributed by atoms with Crippen molar-refractivity contribution in [2.75, 3.05) is 0 Å². The lowest BCUT2D eigenvalue weighted by Gasteiger charge is -2.61. The predicted molar refractivity (Wildman–Crippen MR) is 95.4 cm³/mol. The molecule has 0 aromatic rings. The second kappa shape index (κ2) is 5.34. The van der Waals surface area contributed by atoms with Crippen molar-refractivity contribution in [1.82, 2.24) is 0 Å². The monoisotopic (exact) mass is 362 g/mol. The van der Waals surface area contributed by atoms with Gasteiger partial charge in [-0.2, -0.15) is 0 Å². The Morgan fingerprint density at radius 3 is 2.35 bits per heavy atom. The number of hydrogen-bond acceptors (Lipinski definition) is 5. The fourth-order valence-electron chi connectivity index (χ4n) is 7.50. The lowest BCUT2D eigenvalue weighted by atomic mass is 9.43. The average Bonchev–Trinajstić information content (AvgIpc) is 2.97. The smallest absolute Gasteiger partial charge is 0.267 e. The molecule has 0 aromatic carbocycles. The van der Waals surface area contributed by atoms with Gasteiger partial charge in [0.25, 0.3) is 5.78 Å². The van der Waals surface area contributed by atoms with Gasteiger partial charge in [0.15, 0.2) is 5.76 Å². The lowest BCUT2D eigenvalue weighted by Crippen LogP contribution is -2.67. The van der Waals surface area contributed by atoms with E-state index in [1.807, 2.05) is 0 Å². The van der Waals surface area contributed by atoms with Gasteiger partial charge in [-0.3, -0.25) is 9.59 Å². The van der Waals surface area contributed by atoms with E-state index >= 15 is 0 Å². The minimum atomic E-state index is -1.83. The molecule has 1 unspecified atom stereocenters. The molecule has 4 aliphatic carbocycles. The zero-order valence-electron chi connectivity index (χ0n) is 15.9. The normalized spacial score (nSPS) is 51.1. The molecule has 3 fully saturated rings. The Morgan fingerprint density at radius 1 is 1.00 bits per heavy atom. The molecule has 0 amide bonds. The molecule has 26 heavy (non-hydrogen) atoms. The fraction of sp³-hybridized carbons (Fsp3) is 0.810. The summed E-state index contributed by atoms with van der Waals surface area (Å²) < 4.78 is 0. The maximum atomic E-state index is 13.0. The van der Waals surface area contributed by atoms with Crippen LogP contribution in [-0.2, 0) is 9.59 Å². The molecular weight excluding hydrogens is 332 g/mol. The molecule has 0 aliphatic heterocycles. The van der Waals surface area contributed by atoms with Gasteiger partial charge in [0, 0.05) is 0 Å². The van der Waals surface area contributed by atoms with E-state index in [4.69, 9.17) is 0 Å². The molecule has 0 radical (unpaired) electrons.